The lowest BCUT2D eigenvalue weighted by Crippen LogP contribution is -2.47. The number of halogens is 4. The quantitative estimate of drug-likeness (QED) is 0.214. The highest BCUT2D eigenvalue weighted by atomic mass is 127. The highest BCUT2D eigenvalue weighted by molar-refractivity contribution is 14.0. The number of aromatic nitrogens is 2. The Morgan fingerprint density at radius 1 is 1.12 bits per heavy atom. The molecule has 1 unspecified atom stereocenters. The molecule has 3 rings (SSSR count). The van der Waals surface area contributed by atoms with E-state index in [0.29, 0.717) is 38.6 Å². The van der Waals surface area contributed by atoms with Crippen LogP contribution in [0.2, 0.25) is 0 Å². The van der Waals surface area contributed by atoms with Gasteiger partial charge in [0, 0.05) is 77.3 Å². The maximum Gasteiger partial charge on any atom is 0.401 e. The minimum atomic E-state index is -4.15. The van der Waals surface area contributed by atoms with Gasteiger partial charge in [0.2, 0.25) is 5.95 Å². The zero-order valence-electron chi connectivity index (χ0n) is 18.5. The van der Waals surface area contributed by atoms with E-state index in [9.17, 15) is 13.2 Å². The third-order valence-corrected chi connectivity index (χ3v) is 5.47. The number of piperazine rings is 1. The average Bonchev–Trinajstić information content (AvgIpc) is 3.17. The summed E-state index contributed by atoms with van der Waals surface area (Å²) in [7, 11) is 0. The second-order valence-electron chi connectivity index (χ2n) is 7.97. The first-order valence-electron chi connectivity index (χ1n) is 11.0. The van der Waals surface area contributed by atoms with Crippen molar-refractivity contribution >= 4 is 35.9 Å². The summed E-state index contributed by atoms with van der Waals surface area (Å²) in [6.45, 7) is 8.10. The molecule has 0 amide bonds. The molecule has 2 fully saturated rings. The molecule has 0 aliphatic carbocycles. The highest BCUT2D eigenvalue weighted by Gasteiger charge is 2.34. The lowest BCUT2D eigenvalue weighted by Gasteiger charge is -2.34. The highest BCUT2D eigenvalue weighted by Crippen LogP contribution is 2.20. The molecule has 1 atom stereocenters. The molecule has 1 aromatic heterocycles. The number of likely N-dealkylation sites (tertiary alicyclic amines) is 1. The van der Waals surface area contributed by atoms with Crippen LogP contribution in [0.3, 0.4) is 0 Å². The summed E-state index contributed by atoms with van der Waals surface area (Å²) in [5.41, 5.74) is 0. The second-order valence-corrected chi connectivity index (χ2v) is 7.97. The van der Waals surface area contributed by atoms with Crippen LogP contribution in [-0.4, -0.2) is 103 Å². The molecule has 2 N–H and O–H groups in total. The van der Waals surface area contributed by atoms with Crippen LogP contribution in [0.1, 0.15) is 19.8 Å². The van der Waals surface area contributed by atoms with Gasteiger partial charge in [-0.25, -0.2) is 9.97 Å². The van der Waals surface area contributed by atoms with Gasteiger partial charge in [0.1, 0.15) is 0 Å². The average molecular weight is 570 g/mol. The van der Waals surface area contributed by atoms with Gasteiger partial charge in [-0.3, -0.25) is 14.8 Å². The smallest absolute Gasteiger partial charge is 0.357 e. The van der Waals surface area contributed by atoms with Crippen LogP contribution in [0.15, 0.2) is 23.5 Å². The fourth-order valence-electron chi connectivity index (χ4n) is 3.97. The SMILES string of the molecule is CCNC(=NCCCN1CCN(c2ncccn2)CC1)NC1CCN(CC(F)(F)F)C1.I. The molecule has 0 saturated carbocycles. The number of hydrogen-bond donors (Lipinski definition) is 2. The fourth-order valence-corrected chi connectivity index (χ4v) is 3.97. The van der Waals surface area contributed by atoms with Crippen molar-refractivity contribution in [2.75, 3.05) is 70.3 Å². The predicted molar refractivity (Wildman–Crippen MR) is 131 cm³/mol. The van der Waals surface area contributed by atoms with Gasteiger partial charge in [0.15, 0.2) is 5.96 Å². The molecule has 12 heteroatoms. The molecule has 3 heterocycles. The van der Waals surface area contributed by atoms with Crippen molar-refractivity contribution in [2.24, 2.45) is 4.99 Å². The summed E-state index contributed by atoms with van der Waals surface area (Å²) >= 11 is 0. The Morgan fingerprint density at radius 2 is 1.84 bits per heavy atom. The monoisotopic (exact) mass is 570 g/mol. The Hall–Kier alpha value is -1.41. The van der Waals surface area contributed by atoms with Gasteiger partial charge in [-0.1, -0.05) is 0 Å². The Balaban J connectivity index is 0.00000363. The van der Waals surface area contributed by atoms with Crippen LogP contribution in [0.5, 0.6) is 0 Å². The second kappa shape index (κ2) is 13.3. The normalized spacial score (nSPS) is 20.8. The molecule has 0 bridgehead atoms. The van der Waals surface area contributed by atoms with Gasteiger partial charge in [-0.05, 0) is 25.8 Å². The summed E-state index contributed by atoms with van der Waals surface area (Å²) in [6.07, 6.45) is 1.01. The van der Waals surface area contributed by atoms with E-state index in [1.165, 1.54) is 4.90 Å². The van der Waals surface area contributed by atoms with Crippen LogP contribution < -0.4 is 15.5 Å². The summed E-state index contributed by atoms with van der Waals surface area (Å²) in [4.78, 5) is 19.3. The summed E-state index contributed by atoms with van der Waals surface area (Å²) < 4.78 is 37.7. The zero-order chi connectivity index (χ0) is 22.1. The third-order valence-electron chi connectivity index (χ3n) is 5.47. The number of anilines is 1. The predicted octanol–water partition coefficient (Wildman–Crippen LogP) is 1.80. The standard InChI is InChI=1S/C20H33F3N8.HI/c1-2-24-18(28-17-5-10-30(15-17)16-20(21,22)23)25-8-4-9-29-11-13-31(14-12-29)19-26-6-3-7-27-19;/h3,6-7,17H,2,4-5,8-16H2,1H3,(H2,24,25,28);1H. The van der Waals surface area contributed by atoms with E-state index in [1.807, 2.05) is 13.0 Å². The van der Waals surface area contributed by atoms with E-state index >= 15 is 0 Å². The van der Waals surface area contributed by atoms with E-state index in [4.69, 9.17) is 0 Å². The molecule has 0 radical (unpaired) electrons. The Morgan fingerprint density at radius 3 is 2.50 bits per heavy atom. The number of rotatable bonds is 8. The first kappa shape index (κ1) is 26.8. The van der Waals surface area contributed by atoms with Crippen molar-refractivity contribution in [3.05, 3.63) is 18.5 Å². The molecule has 0 spiro atoms. The van der Waals surface area contributed by atoms with Gasteiger partial charge in [0.05, 0.1) is 6.54 Å². The van der Waals surface area contributed by atoms with E-state index < -0.39 is 12.7 Å². The summed E-state index contributed by atoms with van der Waals surface area (Å²) in [5, 5.41) is 6.49. The van der Waals surface area contributed by atoms with Crippen LogP contribution in [0.4, 0.5) is 19.1 Å². The molecule has 0 aromatic carbocycles. The number of nitrogens with one attached hydrogen (secondary N) is 2. The zero-order valence-corrected chi connectivity index (χ0v) is 20.9. The molecule has 2 aliphatic rings. The number of nitrogens with zero attached hydrogens (tertiary/aromatic N) is 6. The minimum Gasteiger partial charge on any atom is -0.357 e. The lowest BCUT2D eigenvalue weighted by atomic mass is 10.3. The molecule has 8 nitrogen and oxygen atoms in total. The first-order valence-corrected chi connectivity index (χ1v) is 11.0. The van der Waals surface area contributed by atoms with Crippen molar-refractivity contribution in [3.8, 4) is 0 Å². The Bertz CT molecular complexity index is 683. The van der Waals surface area contributed by atoms with E-state index in [0.717, 1.165) is 45.1 Å². The minimum absolute atomic E-state index is 0. The molecule has 1 aromatic rings. The molecular formula is C20H34F3IN8. The van der Waals surface area contributed by atoms with Crippen molar-refractivity contribution in [1.29, 1.82) is 0 Å². The molecular weight excluding hydrogens is 536 g/mol. The number of guanidine groups is 1. The van der Waals surface area contributed by atoms with Gasteiger partial charge in [-0.2, -0.15) is 13.2 Å². The van der Waals surface area contributed by atoms with Crippen molar-refractivity contribution < 1.29 is 13.2 Å². The number of aliphatic imine (C=N–C) groups is 1. The van der Waals surface area contributed by atoms with E-state index in [-0.39, 0.29) is 30.0 Å². The molecule has 2 aliphatic heterocycles. The van der Waals surface area contributed by atoms with Crippen LogP contribution in [-0.2, 0) is 0 Å². The third kappa shape index (κ3) is 9.22. The van der Waals surface area contributed by atoms with Gasteiger partial charge in [-0.15, -0.1) is 24.0 Å². The van der Waals surface area contributed by atoms with Crippen molar-refractivity contribution in [3.63, 3.8) is 0 Å². The number of hydrogen-bond acceptors (Lipinski definition) is 6. The van der Waals surface area contributed by atoms with Crippen LogP contribution in [0, 0.1) is 0 Å². The summed E-state index contributed by atoms with van der Waals surface area (Å²) in [5.74, 6) is 1.47. The number of alkyl halides is 3. The van der Waals surface area contributed by atoms with Crippen LogP contribution in [0.25, 0.3) is 0 Å². The lowest BCUT2D eigenvalue weighted by molar-refractivity contribution is -0.143. The Labute approximate surface area is 205 Å². The molecule has 2 saturated heterocycles. The summed E-state index contributed by atoms with van der Waals surface area (Å²) in [6, 6.07) is 1.82. The maximum absolute atomic E-state index is 12.6. The van der Waals surface area contributed by atoms with E-state index in [1.54, 1.807) is 12.4 Å². The Kier molecular flexibility index (Phi) is 11.2. The fraction of sp³-hybridized carbons (Fsp3) is 0.750. The molecule has 32 heavy (non-hydrogen) atoms. The van der Waals surface area contributed by atoms with Crippen molar-refractivity contribution in [2.45, 2.75) is 32.0 Å². The van der Waals surface area contributed by atoms with Gasteiger partial charge in [0.25, 0.3) is 0 Å². The van der Waals surface area contributed by atoms with Crippen molar-refractivity contribution in [1.82, 2.24) is 30.4 Å². The first-order chi connectivity index (χ1) is 14.9. The largest absolute Gasteiger partial charge is 0.401 e. The van der Waals surface area contributed by atoms with Gasteiger partial charge >= 0.3 is 6.18 Å². The topological polar surface area (TPSA) is 71.9 Å². The van der Waals surface area contributed by atoms with E-state index in [2.05, 4.69) is 35.4 Å². The molecule has 182 valence electrons. The van der Waals surface area contributed by atoms with Gasteiger partial charge < -0.3 is 15.5 Å². The van der Waals surface area contributed by atoms with Crippen LogP contribution >= 0.6 is 24.0 Å². The maximum atomic E-state index is 12.6.